The molecule has 0 radical (unpaired) electrons. The molecule has 0 amide bonds. The van der Waals surface area contributed by atoms with Crippen molar-refractivity contribution in [3.63, 3.8) is 0 Å². The number of fused-ring (bicyclic) bond motifs is 1. The lowest BCUT2D eigenvalue weighted by Crippen LogP contribution is -2.46. The maximum atomic E-state index is 11.7. The highest BCUT2D eigenvalue weighted by atomic mass is 16.4. The Morgan fingerprint density at radius 1 is 1.32 bits per heavy atom. The molecule has 0 heterocycles. The first-order chi connectivity index (χ1) is 9.09. The predicted octanol–water partition coefficient (Wildman–Crippen LogP) is 2.92. The highest BCUT2D eigenvalue weighted by Crippen LogP contribution is 2.29. The Morgan fingerprint density at radius 3 is 2.68 bits per heavy atom. The van der Waals surface area contributed by atoms with Crippen molar-refractivity contribution in [2.75, 3.05) is 6.54 Å². The fourth-order valence-corrected chi connectivity index (χ4v) is 2.22. The second-order valence-electron chi connectivity index (χ2n) is 4.63. The number of hydrogen-bond acceptors (Lipinski definition) is 2. The summed E-state index contributed by atoms with van der Waals surface area (Å²) >= 11 is 0. The van der Waals surface area contributed by atoms with Crippen LogP contribution in [0.5, 0.6) is 0 Å². The van der Waals surface area contributed by atoms with E-state index in [1.807, 2.05) is 42.5 Å². The summed E-state index contributed by atoms with van der Waals surface area (Å²) in [6.07, 6.45) is 1.66. The number of carbonyl (C=O) groups is 1. The maximum absolute atomic E-state index is 11.7. The van der Waals surface area contributed by atoms with Gasteiger partial charge in [0.25, 0.3) is 0 Å². The standard InChI is InChI=1S/C16H17NO2/c1-3-11-17-16(2,15(18)19)14-10-6-8-12-7-4-5-9-13(12)14/h3-10,17H,1,11H2,2H3,(H,18,19). The zero-order valence-corrected chi connectivity index (χ0v) is 10.9. The molecule has 2 N–H and O–H groups in total. The van der Waals surface area contributed by atoms with Crippen molar-refractivity contribution in [2.24, 2.45) is 0 Å². The van der Waals surface area contributed by atoms with Gasteiger partial charge in [0.15, 0.2) is 0 Å². The van der Waals surface area contributed by atoms with Gasteiger partial charge in [0.2, 0.25) is 0 Å². The van der Waals surface area contributed by atoms with Gasteiger partial charge in [-0.05, 0) is 23.3 Å². The van der Waals surface area contributed by atoms with E-state index in [1.54, 1.807) is 13.0 Å². The molecule has 1 atom stereocenters. The molecule has 0 aliphatic heterocycles. The third-order valence-electron chi connectivity index (χ3n) is 3.36. The molecule has 3 nitrogen and oxygen atoms in total. The van der Waals surface area contributed by atoms with Crippen molar-refractivity contribution in [1.82, 2.24) is 5.32 Å². The molecule has 0 aliphatic rings. The molecule has 0 aliphatic carbocycles. The molecular formula is C16H17NO2. The Balaban J connectivity index is 2.62. The Kier molecular flexibility index (Phi) is 3.67. The van der Waals surface area contributed by atoms with Crippen molar-refractivity contribution in [3.8, 4) is 0 Å². The molecule has 0 aromatic heterocycles. The van der Waals surface area contributed by atoms with Crippen molar-refractivity contribution < 1.29 is 9.90 Å². The second-order valence-corrected chi connectivity index (χ2v) is 4.63. The van der Waals surface area contributed by atoms with Gasteiger partial charge in [0.05, 0.1) is 0 Å². The van der Waals surface area contributed by atoms with Gasteiger partial charge in [-0.25, -0.2) is 4.79 Å². The summed E-state index contributed by atoms with van der Waals surface area (Å²) in [5, 5.41) is 14.6. The van der Waals surface area contributed by atoms with Gasteiger partial charge < -0.3 is 5.11 Å². The molecule has 98 valence electrons. The monoisotopic (exact) mass is 255 g/mol. The number of hydrogen-bond donors (Lipinski definition) is 2. The quantitative estimate of drug-likeness (QED) is 0.808. The summed E-state index contributed by atoms with van der Waals surface area (Å²) < 4.78 is 0. The summed E-state index contributed by atoms with van der Waals surface area (Å²) in [7, 11) is 0. The van der Waals surface area contributed by atoms with Crippen molar-refractivity contribution in [1.29, 1.82) is 0 Å². The van der Waals surface area contributed by atoms with Gasteiger partial charge in [0.1, 0.15) is 5.54 Å². The van der Waals surface area contributed by atoms with Crippen LogP contribution in [0.3, 0.4) is 0 Å². The van der Waals surface area contributed by atoms with Gasteiger partial charge in [-0.2, -0.15) is 0 Å². The molecule has 0 fully saturated rings. The third kappa shape index (κ3) is 2.37. The van der Waals surface area contributed by atoms with Crippen LogP contribution in [0.4, 0.5) is 0 Å². The SMILES string of the molecule is C=CCNC(C)(C(=O)O)c1cccc2ccccc12. The van der Waals surface area contributed by atoms with Gasteiger partial charge in [-0.3, -0.25) is 5.32 Å². The fraction of sp³-hybridized carbons (Fsp3) is 0.188. The van der Waals surface area contributed by atoms with E-state index in [4.69, 9.17) is 0 Å². The van der Waals surface area contributed by atoms with E-state index in [0.29, 0.717) is 6.54 Å². The number of carboxylic acids is 1. The van der Waals surface area contributed by atoms with Crippen LogP contribution in [0.2, 0.25) is 0 Å². The van der Waals surface area contributed by atoms with Crippen LogP contribution in [0.25, 0.3) is 10.8 Å². The Bertz CT molecular complexity index is 616. The topological polar surface area (TPSA) is 49.3 Å². The number of rotatable bonds is 5. The molecule has 2 aromatic carbocycles. The molecule has 0 saturated carbocycles. The molecule has 0 spiro atoms. The highest BCUT2D eigenvalue weighted by molar-refractivity contribution is 5.92. The molecule has 3 heteroatoms. The zero-order valence-electron chi connectivity index (χ0n) is 10.9. The van der Waals surface area contributed by atoms with Gasteiger partial charge in [-0.15, -0.1) is 6.58 Å². The van der Waals surface area contributed by atoms with Crippen LogP contribution in [0, 0.1) is 0 Å². The number of benzene rings is 2. The van der Waals surface area contributed by atoms with Crippen molar-refractivity contribution >= 4 is 16.7 Å². The molecule has 0 saturated heterocycles. The van der Waals surface area contributed by atoms with Gasteiger partial charge in [0, 0.05) is 6.54 Å². The predicted molar refractivity (Wildman–Crippen MR) is 77.1 cm³/mol. The van der Waals surface area contributed by atoms with Crippen molar-refractivity contribution in [2.45, 2.75) is 12.5 Å². The normalized spacial score (nSPS) is 13.9. The van der Waals surface area contributed by atoms with Gasteiger partial charge >= 0.3 is 5.97 Å². The largest absolute Gasteiger partial charge is 0.480 e. The van der Waals surface area contributed by atoms with E-state index in [2.05, 4.69) is 11.9 Å². The van der Waals surface area contributed by atoms with E-state index < -0.39 is 11.5 Å². The molecule has 19 heavy (non-hydrogen) atoms. The summed E-state index contributed by atoms with van der Waals surface area (Å²) in [6.45, 7) is 5.74. The summed E-state index contributed by atoms with van der Waals surface area (Å²) in [6, 6.07) is 13.5. The average Bonchev–Trinajstić information content (AvgIpc) is 2.44. The van der Waals surface area contributed by atoms with E-state index in [-0.39, 0.29) is 0 Å². The lowest BCUT2D eigenvalue weighted by Gasteiger charge is -2.27. The van der Waals surface area contributed by atoms with E-state index in [1.165, 1.54) is 0 Å². The Morgan fingerprint density at radius 2 is 2.00 bits per heavy atom. The van der Waals surface area contributed by atoms with E-state index in [0.717, 1.165) is 16.3 Å². The van der Waals surface area contributed by atoms with Crippen LogP contribution < -0.4 is 5.32 Å². The number of nitrogens with one attached hydrogen (secondary N) is 1. The molecule has 2 rings (SSSR count). The van der Waals surface area contributed by atoms with Crippen LogP contribution in [0.15, 0.2) is 55.1 Å². The smallest absolute Gasteiger partial charge is 0.328 e. The minimum absolute atomic E-state index is 0.437. The molecular weight excluding hydrogens is 238 g/mol. The van der Waals surface area contributed by atoms with Crippen LogP contribution >= 0.6 is 0 Å². The summed E-state index contributed by atoms with van der Waals surface area (Å²) in [5.74, 6) is -0.897. The zero-order chi connectivity index (χ0) is 13.9. The molecule has 1 unspecified atom stereocenters. The number of carboxylic acid groups (broad SMARTS) is 1. The Hall–Kier alpha value is -2.13. The first kappa shape index (κ1) is 13.3. The third-order valence-corrected chi connectivity index (χ3v) is 3.36. The average molecular weight is 255 g/mol. The second kappa shape index (κ2) is 5.24. The summed E-state index contributed by atoms with van der Waals surface area (Å²) in [4.78, 5) is 11.7. The van der Waals surface area contributed by atoms with Crippen LogP contribution in [-0.4, -0.2) is 17.6 Å². The number of aliphatic carboxylic acids is 1. The first-order valence-corrected chi connectivity index (χ1v) is 6.17. The first-order valence-electron chi connectivity index (χ1n) is 6.17. The Labute approximate surface area is 112 Å². The minimum Gasteiger partial charge on any atom is -0.480 e. The molecule has 0 bridgehead atoms. The lowest BCUT2D eigenvalue weighted by atomic mass is 9.88. The molecule has 2 aromatic rings. The van der Waals surface area contributed by atoms with Crippen LogP contribution in [-0.2, 0) is 10.3 Å². The lowest BCUT2D eigenvalue weighted by molar-refractivity contribution is -0.144. The highest BCUT2D eigenvalue weighted by Gasteiger charge is 2.35. The van der Waals surface area contributed by atoms with Crippen molar-refractivity contribution in [3.05, 3.63) is 60.7 Å². The van der Waals surface area contributed by atoms with E-state index >= 15 is 0 Å². The van der Waals surface area contributed by atoms with Gasteiger partial charge in [-0.1, -0.05) is 48.5 Å². The fourth-order valence-electron chi connectivity index (χ4n) is 2.22. The van der Waals surface area contributed by atoms with Crippen LogP contribution in [0.1, 0.15) is 12.5 Å². The minimum atomic E-state index is -1.13. The maximum Gasteiger partial charge on any atom is 0.328 e. The summed E-state index contributed by atoms with van der Waals surface area (Å²) in [5.41, 5.74) is -0.366. The van der Waals surface area contributed by atoms with E-state index in [9.17, 15) is 9.90 Å².